The lowest BCUT2D eigenvalue weighted by atomic mass is 9.93. The first kappa shape index (κ1) is 21.8. The van der Waals surface area contributed by atoms with Crippen LogP contribution in [-0.2, 0) is 14.3 Å². The van der Waals surface area contributed by atoms with Gasteiger partial charge in [0, 0.05) is 19.2 Å². The number of ether oxygens (including phenoxy) is 1. The molecule has 0 saturated heterocycles. The number of benzene rings is 1. The third-order valence-corrected chi connectivity index (χ3v) is 3.97. The van der Waals surface area contributed by atoms with Crippen LogP contribution in [-0.4, -0.2) is 37.6 Å². The number of carbonyl (C=O) groups excluding carboxylic acids is 2. The summed E-state index contributed by atoms with van der Waals surface area (Å²) in [6.07, 6.45) is -1.13. The summed E-state index contributed by atoms with van der Waals surface area (Å²) < 4.78 is 20.9. The van der Waals surface area contributed by atoms with Crippen molar-refractivity contribution in [3.05, 3.63) is 46.2 Å². The number of nitrogens with one attached hydrogen (secondary N) is 1. The Balaban J connectivity index is 3.60. The van der Waals surface area contributed by atoms with Crippen LogP contribution < -0.4 is 5.32 Å². The smallest absolute Gasteiger partial charge is 0.249 e. The van der Waals surface area contributed by atoms with Gasteiger partial charge in [-0.1, -0.05) is 43.2 Å². The molecule has 5 nitrogen and oxygen atoms in total. The molecule has 1 unspecified atom stereocenters. The molecular weight excluding hydrogens is 335 g/mol. The Labute approximate surface area is 155 Å². The second-order valence-electron chi connectivity index (χ2n) is 6.51. The monoisotopic (exact) mass is 364 g/mol. The Morgan fingerprint density at radius 2 is 1.85 bits per heavy atom. The largest absolute Gasteiger partial charge is 0.361 e. The first-order valence-corrected chi connectivity index (χ1v) is 8.74. The number of allylic oxidation sites excluding steroid dienone is 1. The SMILES string of the molecule is CCOCN(C=O)/C(=C(\C(=O)NC)C(C)C)C(F)c1cc(C)cc(C)c1. The van der Waals surface area contributed by atoms with Crippen LogP contribution in [0.4, 0.5) is 4.39 Å². The zero-order valence-corrected chi connectivity index (χ0v) is 16.4. The summed E-state index contributed by atoms with van der Waals surface area (Å²) in [5.74, 6) is -0.691. The number of hydrogen-bond donors (Lipinski definition) is 1. The number of rotatable bonds is 9. The molecule has 2 amide bonds. The maximum atomic E-state index is 15.6. The fraction of sp³-hybridized carbons (Fsp3) is 0.500. The summed E-state index contributed by atoms with van der Waals surface area (Å²) >= 11 is 0. The normalized spacial score (nSPS) is 13.2. The molecule has 0 bridgehead atoms. The highest BCUT2D eigenvalue weighted by Gasteiger charge is 2.30. The van der Waals surface area contributed by atoms with E-state index in [1.54, 1.807) is 32.9 Å². The molecule has 6 heteroatoms. The van der Waals surface area contributed by atoms with Crippen LogP contribution >= 0.6 is 0 Å². The van der Waals surface area contributed by atoms with Crippen molar-refractivity contribution in [1.29, 1.82) is 0 Å². The molecule has 0 aliphatic heterocycles. The number of amides is 2. The number of hydrogen-bond acceptors (Lipinski definition) is 3. The van der Waals surface area contributed by atoms with E-state index in [1.807, 2.05) is 19.9 Å². The molecule has 0 aliphatic rings. The first-order chi connectivity index (χ1) is 12.3. The van der Waals surface area contributed by atoms with Crippen LogP contribution in [0.5, 0.6) is 0 Å². The van der Waals surface area contributed by atoms with Gasteiger partial charge >= 0.3 is 0 Å². The number of nitrogens with zero attached hydrogens (tertiary/aromatic N) is 1. The molecule has 26 heavy (non-hydrogen) atoms. The average Bonchev–Trinajstić information content (AvgIpc) is 2.58. The van der Waals surface area contributed by atoms with E-state index < -0.39 is 12.1 Å². The predicted octanol–water partition coefficient (Wildman–Crippen LogP) is 3.42. The fourth-order valence-corrected chi connectivity index (χ4v) is 2.91. The minimum atomic E-state index is -1.63. The molecule has 0 aromatic heterocycles. The summed E-state index contributed by atoms with van der Waals surface area (Å²) in [5.41, 5.74) is 2.48. The Bertz CT molecular complexity index is 651. The minimum absolute atomic E-state index is 0.0211. The van der Waals surface area contributed by atoms with Crippen LogP contribution in [0.25, 0.3) is 0 Å². The average molecular weight is 364 g/mol. The highest BCUT2D eigenvalue weighted by atomic mass is 19.1. The Morgan fingerprint density at radius 3 is 2.27 bits per heavy atom. The van der Waals surface area contributed by atoms with E-state index in [-0.39, 0.29) is 23.9 Å². The van der Waals surface area contributed by atoms with Crippen molar-refractivity contribution in [3.63, 3.8) is 0 Å². The summed E-state index contributed by atoms with van der Waals surface area (Å²) in [6, 6.07) is 5.39. The molecule has 144 valence electrons. The molecule has 1 aromatic rings. The fourth-order valence-electron chi connectivity index (χ4n) is 2.91. The van der Waals surface area contributed by atoms with Crippen LogP contribution in [0.3, 0.4) is 0 Å². The number of halogens is 1. The van der Waals surface area contributed by atoms with Crippen molar-refractivity contribution in [1.82, 2.24) is 10.2 Å². The second-order valence-corrected chi connectivity index (χ2v) is 6.51. The highest BCUT2D eigenvalue weighted by molar-refractivity contribution is 5.94. The third-order valence-electron chi connectivity index (χ3n) is 3.97. The molecule has 0 aliphatic carbocycles. The van der Waals surface area contributed by atoms with Crippen LogP contribution in [0.1, 0.15) is 43.6 Å². The molecule has 0 fully saturated rings. The molecule has 1 N–H and O–H groups in total. The quantitative estimate of drug-likeness (QED) is 0.415. The van der Waals surface area contributed by atoms with Crippen molar-refractivity contribution in [3.8, 4) is 0 Å². The highest BCUT2D eigenvalue weighted by Crippen LogP contribution is 2.34. The van der Waals surface area contributed by atoms with Gasteiger partial charge in [0.2, 0.25) is 12.3 Å². The number of likely N-dealkylation sites (N-methyl/N-ethyl adjacent to an activating group) is 1. The van der Waals surface area contributed by atoms with E-state index in [1.165, 1.54) is 7.05 Å². The van der Waals surface area contributed by atoms with Crippen LogP contribution in [0.15, 0.2) is 29.5 Å². The lowest BCUT2D eigenvalue weighted by Crippen LogP contribution is -2.33. The van der Waals surface area contributed by atoms with Crippen molar-refractivity contribution < 1.29 is 18.7 Å². The van der Waals surface area contributed by atoms with Crippen LogP contribution in [0, 0.1) is 19.8 Å². The molecule has 0 radical (unpaired) electrons. The zero-order chi connectivity index (χ0) is 19.9. The number of carbonyl (C=O) groups is 2. The Kier molecular flexibility index (Phi) is 8.45. The molecule has 1 rings (SSSR count). The van der Waals surface area contributed by atoms with Crippen molar-refractivity contribution >= 4 is 12.3 Å². The maximum absolute atomic E-state index is 15.6. The van der Waals surface area contributed by atoms with Gasteiger partial charge in [0.15, 0.2) is 6.17 Å². The van der Waals surface area contributed by atoms with E-state index in [0.29, 0.717) is 18.6 Å². The van der Waals surface area contributed by atoms with Crippen LogP contribution in [0.2, 0.25) is 0 Å². The Morgan fingerprint density at radius 1 is 1.27 bits per heavy atom. The van der Waals surface area contributed by atoms with Gasteiger partial charge in [-0.3, -0.25) is 14.5 Å². The topological polar surface area (TPSA) is 58.6 Å². The molecule has 1 aromatic carbocycles. The van der Waals surface area contributed by atoms with Gasteiger partial charge in [0.1, 0.15) is 6.73 Å². The summed E-state index contributed by atoms with van der Waals surface area (Å²) in [5, 5.41) is 2.54. The van der Waals surface area contributed by atoms with E-state index >= 15 is 4.39 Å². The lowest BCUT2D eigenvalue weighted by molar-refractivity contribution is -0.121. The van der Waals surface area contributed by atoms with E-state index in [9.17, 15) is 9.59 Å². The Hall–Kier alpha value is -2.21. The van der Waals surface area contributed by atoms with E-state index in [2.05, 4.69) is 5.32 Å². The summed E-state index contributed by atoms with van der Waals surface area (Å²) in [6.45, 7) is 9.39. The lowest BCUT2D eigenvalue weighted by Gasteiger charge is -2.28. The molecular formula is C20H29FN2O3. The standard InChI is InChI=1S/C20H29FN2O3/c1-7-26-12-23(11-24)19(17(13(2)3)20(25)22-6)18(21)16-9-14(4)8-15(5)10-16/h8-11,13,18H,7,12H2,1-6H3,(H,22,25)/b19-17-. The van der Waals surface area contributed by atoms with Gasteiger partial charge in [-0.15, -0.1) is 0 Å². The van der Waals surface area contributed by atoms with Gasteiger partial charge in [-0.2, -0.15) is 0 Å². The molecule has 1 atom stereocenters. The maximum Gasteiger partial charge on any atom is 0.249 e. The molecule has 0 spiro atoms. The number of aryl methyl sites for hydroxylation is 2. The van der Waals surface area contributed by atoms with Gasteiger partial charge in [0.25, 0.3) is 0 Å². The van der Waals surface area contributed by atoms with Crippen molar-refractivity contribution in [2.75, 3.05) is 20.4 Å². The predicted molar refractivity (Wildman–Crippen MR) is 100 cm³/mol. The van der Waals surface area contributed by atoms with Gasteiger partial charge in [-0.25, -0.2) is 4.39 Å². The summed E-state index contributed by atoms with van der Waals surface area (Å²) in [4.78, 5) is 25.2. The number of alkyl halides is 1. The minimum Gasteiger partial charge on any atom is -0.361 e. The van der Waals surface area contributed by atoms with Crippen molar-refractivity contribution in [2.45, 2.75) is 40.8 Å². The third kappa shape index (κ3) is 5.39. The van der Waals surface area contributed by atoms with Gasteiger partial charge in [-0.05, 0) is 32.3 Å². The summed E-state index contributed by atoms with van der Waals surface area (Å²) in [7, 11) is 1.49. The van der Waals surface area contributed by atoms with Gasteiger partial charge in [0.05, 0.1) is 5.70 Å². The molecule has 0 heterocycles. The molecule has 0 saturated carbocycles. The van der Waals surface area contributed by atoms with Crippen molar-refractivity contribution in [2.24, 2.45) is 5.92 Å². The second kappa shape index (κ2) is 10.1. The van der Waals surface area contributed by atoms with Gasteiger partial charge < -0.3 is 10.1 Å². The van der Waals surface area contributed by atoms with E-state index in [4.69, 9.17) is 4.74 Å². The zero-order valence-electron chi connectivity index (χ0n) is 16.4. The van der Waals surface area contributed by atoms with E-state index in [0.717, 1.165) is 16.0 Å². The first-order valence-electron chi connectivity index (χ1n) is 8.74.